The van der Waals surface area contributed by atoms with Crippen molar-refractivity contribution in [3.05, 3.63) is 63.8 Å². The van der Waals surface area contributed by atoms with Gasteiger partial charge in [0.1, 0.15) is 5.70 Å². The predicted molar refractivity (Wildman–Crippen MR) is 100 cm³/mol. The van der Waals surface area contributed by atoms with E-state index in [0.717, 1.165) is 10.5 Å². The third kappa shape index (κ3) is 3.72. The van der Waals surface area contributed by atoms with Crippen molar-refractivity contribution in [2.45, 2.75) is 13.5 Å². The number of phenolic OH excluding ortho intramolecular Hbond substituents is 1. The summed E-state index contributed by atoms with van der Waals surface area (Å²) in [5.41, 5.74) is 1.64. The average molecular weight is 417 g/mol. The Morgan fingerprint density at radius 3 is 2.65 bits per heavy atom. The normalized spacial score (nSPS) is 15.5. The van der Waals surface area contributed by atoms with E-state index in [1.807, 2.05) is 37.3 Å². The van der Waals surface area contributed by atoms with Gasteiger partial charge in [-0.05, 0) is 36.3 Å². The summed E-state index contributed by atoms with van der Waals surface area (Å²) in [5, 5.41) is 12.5. The molecule has 2 aromatic carbocycles. The number of urea groups is 1. The van der Waals surface area contributed by atoms with Crippen LogP contribution in [-0.2, 0) is 11.3 Å². The fourth-order valence-corrected chi connectivity index (χ4v) is 3.02. The molecule has 2 aromatic rings. The van der Waals surface area contributed by atoms with Gasteiger partial charge in [0.05, 0.1) is 13.2 Å². The highest BCUT2D eigenvalue weighted by molar-refractivity contribution is 9.10. The second-order valence-corrected chi connectivity index (χ2v) is 6.49. The van der Waals surface area contributed by atoms with Gasteiger partial charge < -0.3 is 15.2 Å². The van der Waals surface area contributed by atoms with Gasteiger partial charge in [-0.15, -0.1) is 0 Å². The lowest BCUT2D eigenvalue weighted by Crippen LogP contribution is -2.30. The number of amides is 3. The number of halogens is 1. The molecule has 1 saturated heterocycles. The number of ether oxygens (including phenoxy) is 1. The predicted octanol–water partition coefficient (Wildman–Crippen LogP) is 3.65. The molecule has 1 fully saturated rings. The summed E-state index contributed by atoms with van der Waals surface area (Å²) in [6, 6.07) is 11.9. The Morgan fingerprint density at radius 2 is 1.96 bits per heavy atom. The molecule has 1 aliphatic rings. The maximum absolute atomic E-state index is 12.6. The number of carbonyl (C=O) groups is 2. The van der Waals surface area contributed by atoms with Crippen molar-refractivity contribution < 1.29 is 19.4 Å². The first-order chi connectivity index (χ1) is 12.5. The van der Waals surface area contributed by atoms with Crippen LogP contribution in [0, 0.1) is 0 Å². The molecule has 1 heterocycles. The van der Waals surface area contributed by atoms with E-state index in [1.54, 1.807) is 12.1 Å². The van der Waals surface area contributed by atoms with Crippen molar-refractivity contribution in [3.8, 4) is 11.5 Å². The lowest BCUT2D eigenvalue weighted by Gasteiger charge is -2.11. The van der Waals surface area contributed by atoms with E-state index in [9.17, 15) is 14.7 Å². The fraction of sp³-hybridized carbons (Fsp3) is 0.158. The highest BCUT2D eigenvalue weighted by atomic mass is 79.9. The summed E-state index contributed by atoms with van der Waals surface area (Å²) in [4.78, 5) is 25.9. The quantitative estimate of drug-likeness (QED) is 0.575. The molecule has 0 spiro atoms. The van der Waals surface area contributed by atoms with Crippen molar-refractivity contribution in [2.75, 3.05) is 6.61 Å². The van der Waals surface area contributed by atoms with E-state index in [0.29, 0.717) is 22.4 Å². The summed E-state index contributed by atoms with van der Waals surface area (Å²) < 4.78 is 5.94. The summed E-state index contributed by atoms with van der Waals surface area (Å²) in [5.74, 6) is -0.106. The molecule has 0 unspecified atom stereocenters. The van der Waals surface area contributed by atoms with Crippen LogP contribution in [0.4, 0.5) is 4.79 Å². The van der Waals surface area contributed by atoms with Crippen LogP contribution in [0.15, 0.2) is 52.6 Å². The fourth-order valence-electron chi connectivity index (χ4n) is 2.58. The molecule has 134 valence electrons. The highest BCUT2D eigenvalue weighted by Crippen LogP contribution is 2.34. The van der Waals surface area contributed by atoms with E-state index in [2.05, 4.69) is 21.2 Å². The zero-order valence-corrected chi connectivity index (χ0v) is 15.6. The van der Waals surface area contributed by atoms with Crippen LogP contribution in [-0.4, -0.2) is 28.6 Å². The lowest BCUT2D eigenvalue weighted by atomic mass is 10.1. The van der Waals surface area contributed by atoms with Crippen LogP contribution in [0.2, 0.25) is 0 Å². The van der Waals surface area contributed by atoms with Gasteiger partial charge in [-0.3, -0.25) is 9.69 Å². The lowest BCUT2D eigenvalue weighted by molar-refractivity contribution is -0.123. The Hall–Kier alpha value is -2.80. The van der Waals surface area contributed by atoms with Gasteiger partial charge in [-0.1, -0.05) is 46.3 Å². The molecular formula is C19H17BrN2O4. The topological polar surface area (TPSA) is 78.9 Å². The van der Waals surface area contributed by atoms with E-state index >= 15 is 0 Å². The van der Waals surface area contributed by atoms with Crippen molar-refractivity contribution in [1.29, 1.82) is 0 Å². The van der Waals surface area contributed by atoms with Gasteiger partial charge in [0.15, 0.2) is 11.5 Å². The smallest absolute Gasteiger partial charge is 0.329 e. The summed E-state index contributed by atoms with van der Waals surface area (Å²) in [6.07, 6.45) is 1.55. The minimum Gasteiger partial charge on any atom is -0.504 e. The molecule has 2 N–H and O–H groups in total. The largest absolute Gasteiger partial charge is 0.504 e. The number of hydrogen-bond acceptors (Lipinski definition) is 4. The summed E-state index contributed by atoms with van der Waals surface area (Å²) in [7, 11) is 0. The molecule has 0 radical (unpaired) electrons. The van der Waals surface area contributed by atoms with Gasteiger partial charge in [0.2, 0.25) is 0 Å². The first-order valence-electron chi connectivity index (χ1n) is 8.03. The van der Waals surface area contributed by atoms with Crippen molar-refractivity contribution in [1.82, 2.24) is 10.2 Å². The number of nitrogens with one attached hydrogen (secondary N) is 1. The molecule has 1 aliphatic heterocycles. The zero-order chi connectivity index (χ0) is 18.7. The number of benzene rings is 2. The standard InChI is InChI=1S/C19H17BrN2O4/c1-2-26-17-9-13(14(20)10-16(17)23)8-15-18(24)22(19(25)21-15)11-12-6-4-3-5-7-12/h3-10,23H,2,11H2,1H3,(H,21,25)/b15-8+. The van der Waals surface area contributed by atoms with E-state index in [4.69, 9.17) is 4.74 Å². The molecule has 0 saturated carbocycles. The number of phenols is 1. The zero-order valence-electron chi connectivity index (χ0n) is 14.0. The molecule has 3 rings (SSSR count). The Kier molecular flexibility index (Phi) is 5.27. The van der Waals surface area contributed by atoms with E-state index in [-0.39, 0.29) is 18.0 Å². The molecular weight excluding hydrogens is 400 g/mol. The Labute approximate surface area is 159 Å². The number of nitrogens with zero attached hydrogens (tertiary/aromatic N) is 1. The molecule has 0 aromatic heterocycles. The van der Waals surface area contributed by atoms with Crippen LogP contribution < -0.4 is 10.1 Å². The van der Waals surface area contributed by atoms with E-state index in [1.165, 1.54) is 6.07 Å². The molecule has 0 atom stereocenters. The number of aromatic hydroxyl groups is 1. The first kappa shape index (κ1) is 18.0. The van der Waals surface area contributed by atoms with E-state index < -0.39 is 11.9 Å². The Balaban J connectivity index is 1.87. The third-order valence-electron chi connectivity index (χ3n) is 3.82. The molecule has 6 nitrogen and oxygen atoms in total. The van der Waals surface area contributed by atoms with Crippen molar-refractivity contribution >= 4 is 33.9 Å². The summed E-state index contributed by atoms with van der Waals surface area (Å²) in [6.45, 7) is 2.40. The maximum Gasteiger partial charge on any atom is 0.329 e. The van der Waals surface area contributed by atoms with Gasteiger partial charge in [0, 0.05) is 4.47 Å². The van der Waals surface area contributed by atoms with Crippen LogP contribution >= 0.6 is 15.9 Å². The molecule has 0 bridgehead atoms. The number of imide groups is 1. The van der Waals surface area contributed by atoms with Crippen LogP contribution in [0.5, 0.6) is 11.5 Å². The second kappa shape index (κ2) is 7.61. The van der Waals surface area contributed by atoms with Crippen molar-refractivity contribution in [2.24, 2.45) is 0 Å². The number of carbonyl (C=O) groups excluding carboxylic acids is 2. The Morgan fingerprint density at radius 1 is 1.23 bits per heavy atom. The summed E-state index contributed by atoms with van der Waals surface area (Å²) >= 11 is 3.35. The van der Waals surface area contributed by atoms with Crippen LogP contribution in [0.3, 0.4) is 0 Å². The highest BCUT2D eigenvalue weighted by Gasteiger charge is 2.33. The molecule has 0 aliphatic carbocycles. The van der Waals surface area contributed by atoms with Gasteiger partial charge in [-0.25, -0.2) is 4.79 Å². The number of rotatable bonds is 5. The number of hydrogen-bond donors (Lipinski definition) is 2. The first-order valence-corrected chi connectivity index (χ1v) is 8.82. The van der Waals surface area contributed by atoms with Gasteiger partial charge in [-0.2, -0.15) is 0 Å². The molecule has 26 heavy (non-hydrogen) atoms. The second-order valence-electron chi connectivity index (χ2n) is 5.64. The van der Waals surface area contributed by atoms with Crippen LogP contribution in [0.1, 0.15) is 18.1 Å². The van der Waals surface area contributed by atoms with Crippen LogP contribution in [0.25, 0.3) is 6.08 Å². The Bertz CT molecular complexity index is 881. The average Bonchev–Trinajstić information content (AvgIpc) is 2.88. The molecule has 7 heteroatoms. The molecule has 3 amide bonds. The SMILES string of the molecule is CCOc1cc(/C=C2/NC(=O)N(Cc3ccccc3)C2=O)c(Br)cc1O. The maximum atomic E-state index is 12.6. The van der Waals surface area contributed by atoms with Crippen molar-refractivity contribution in [3.63, 3.8) is 0 Å². The van der Waals surface area contributed by atoms with Gasteiger partial charge in [0.25, 0.3) is 5.91 Å². The third-order valence-corrected chi connectivity index (χ3v) is 4.51. The minimum atomic E-state index is -0.468. The minimum absolute atomic E-state index is 0.00615. The van der Waals surface area contributed by atoms with Gasteiger partial charge >= 0.3 is 6.03 Å². The monoisotopic (exact) mass is 416 g/mol.